The number of benzene rings is 1. The van der Waals surface area contributed by atoms with Crippen LogP contribution in [-0.4, -0.2) is 15.9 Å². The fraction of sp³-hybridized carbons (Fsp3) is 0.588. The molecule has 4 aliphatic rings. The van der Waals surface area contributed by atoms with E-state index in [1.54, 1.807) is 16.4 Å². The van der Waals surface area contributed by atoms with Crippen molar-refractivity contribution < 1.29 is 4.79 Å². The minimum atomic E-state index is -0.118. The maximum Gasteiger partial charge on any atom is 0.332 e. The number of rotatable bonds is 2. The molecule has 4 saturated carbocycles. The van der Waals surface area contributed by atoms with Gasteiger partial charge in [0.2, 0.25) is 0 Å². The Balaban J connectivity index is 1.50. The van der Waals surface area contributed by atoms with Gasteiger partial charge >= 0.3 is 6.03 Å². The first-order valence-corrected chi connectivity index (χ1v) is 8.87. The van der Waals surface area contributed by atoms with Gasteiger partial charge in [0.25, 0.3) is 0 Å². The molecule has 1 aromatic carbocycles. The molecule has 0 heterocycles. The van der Waals surface area contributed by atoms with Gasteiger partial charge in [-0.3, -0.25) is 4.31 Å². The summed E-state index contributed by atoms with van der Waals surface area (Å²) >= 11 is 10.5. The highest BCUT2D eigenvalue weighted by Gasteiger charge is 2.54. The normalized spacial score (nSPS) is 35.5. The number of nitrogens with one attached hydrogen (secondary N) is 1. The van der Waals surface area contributed by atoms with Gasteiger partial charge in [0, 0.05) is 10.7 Å². The molecular weight excluding hydrogens is 316 g/mol. The SMILES string of the molecule is O=C(Nc1ccc(Cl)cc1)N(S)C12CC3CC(CC(C3)C1)C2. The maximum atomic E-state index is 12.6. The van der Waals surface area contributed by atoms with Crippen LogP contribution in [0.15, 0.2) is 24.3 Å². The Labute approximate surface area is 141 Å². The number of carbonyl (C=O) groups excluding carboxylic acids is 1. The predicted octanol–water partition coefficient (Wildman–Crippen LogP) is 4.99. The van der Waals surface area contributed by atoms with E-state index in [0.29, 0.717) is 5.02 Å². The Morgan fingerprint density at radius 1 is 1.09 bits per heavy atom. The first kappa shape index (κ1) is 14.7. The van der Waals surface area contributed by atoms with E-state index in [2.05, 4.69) is 18.1 Å². The zero-order valence-corrected chi connectivity index (χ0v) is 14.1. The van der Waals surface area contributed by atoms with Gasteiger partial charge in [-0.25, -0.2) is 4.79 Å². The lowest BCUT2D eigenvalue weighted by atomic mass is 9.53. The lowest BCUT2D eigenvalue weighted by Crippen LogP contribution is -2.59. The summed E-state index contributed by atoms with van der Waals surface area (Å²) in [6, 6.07) is 7.09. The number of amides is 2. The van der Waals surface area contributed by atoms with Crippen molar-refractivity contribution in [3.05, 3.63) is 29.3 Å². The third-order valence-corrected chi connectivity index (χ3v) is 6.60. The van der Waals surface area contributed by atoms with Crippen molar-refractivity contribution in [3.63, 3.8) is 0 Å². The molecule has 5 heteroatoms. The van der Waals surface area contributed by atoms with E-state index >= 15 is 0 Å². The molecule has 22 heavy (non-hydrogen) atoms. The van der Waals surface area contributed by atoms with Gasteiger partial charge in [0.15, 0.2) is 0 Å². The van der Waals surface area contributed by atoms with E-state index in [1.165, 1.54) is 19.3 Å². The van der Waals surface area contributed by atoms with Gasteiger partial charge in [-0.2, -0.15) is 0 Å². The molecule has 3 nitrogen and oxygen atoms in total. The molecule has 118 valence electrons. The van der Waals surface area contributed by atoms with Crippen molar-refractivity contribution in [2.45, 2.75) is 44.1 Å². The number of thiol groups is 1. The van der Waals surface area contributed by atoms with E-state index in [1.807, 2.05) is 12.1 Å². The Morgan fingerprint density at radius 3 is 2.09 bits per heavy atom. The second-order valence-corrected chi connectivity index (χ2v) is 8.23. The fourth-order valence-corrected chi connectivity index (χ4v) is 5.67. The minimum absolute atomic E-state index is 0.0334. The first-order chi connectivity index (χ1) is 10.5. The van der Waals surface area contributed by atoms with Gasteiger partial charge in [-0.05, 0) is 80.5 Å². The number of hydrogen-bond donors (Lipinski definition) is 2. The number of anilines is 1. The van der Waals surface area contributed by atoms with Crippen molar-refractivity contribution in [2.24, 2.45) is 17.8 Å². The Kier molecular flexibility index (Phi) is 3.57. The predicted molar refractivity (Wildman–Crippen MR) is 92.2 cm³/mol. The van der Waals surface area contributed by atoms with Gasteiger partial charge in [0.1, 0.15) is 0 Å². The summed E-state index contributed by atoms with van der Waals surface area (Å²) in [5.74, 6) is 2.39. The van der Waals surface area contributed by atoms with E-state index in [4.69, 9.17) is 11.6 Å². The number of urea groups is 1. The number of carbonyl (C=O) groups is 1. The molecule has 4 bridgehead atoms. The van der Waals surface area contributed by atoms with Crippen molar-refractivity contribution in [1.29, 1.82) is 0 Å². The van der Waals surface area contributed by atoms with E-state index in [9.17, 15) is 4.79 Å². The minimum Gasteiger partial charge on any atom is -0.307 e. The standard InChI is InChI=1S/C17H21ClN2OS/c18-14-1-3-15(4-2-14)19-16(21)20(22)17-8-11-5-12(9-17)7-13(6-11)10-17/h1-4,11-13,22H,5-10H2,(H,19,21). The van der Waals surface area contributed by atoms with Gasteiger partial charge < -0.3 is 5.32 Å². The van der Waals surface area contributed by atoms with Crippen LogP contribution in [0.25, 0.3) is 0 Å². The van der Waals surface area contributed by atoms with Crippen LogP contribution in [0.4, 0.5) is 10.5 Å². The summed E-state index contributed by atoms with van der Waals surface area (Å²) in [5.41, 5.74) is 0.729. The van der Waals surface area contributed by atoms with E-state index in [-0.39, 0.29) is 11.6 Å². The van der Waals surface area contributed by atoms with Crippen LogP contribution in [0.5, 0.6) is 0 Å². The molecule has 4 aliphatic carbocycles. The summed E-state index contributed by atoms with van der Waals surface area (Å²) < 4.78 is 1.70. The molecule has 5 rings (SSSR count). The van der Waals surface area contributed by atoms with Crippen LogP contribution in [0.1, 0.15) is 38.5 Å². The molecule has 0 saturated heterocycles. The topological polar surface area (TPSA) is 32.3 Å². The van der Waals surface area contributed by atoms with Crippen LogP contribution >= 0.6 is 24.4 Å². The van der Waals surface area contributed by atoms with E-state index in [0.717, 1.165) is 42.7 Å². The molecule has 0 radical (unpaired) electrons. The highest BCUT2D eigenvalue weighted by molar-refractivity contribution is 7.78. The molecular formula is C17H21ClN2OS. The van der Waals surface area contributed by atoms with Crippen LogP contribution < -0.4 is 5.32 Å². The first-order valence-electron chi connectivity index (χ1n) is 8.10. The van der Waals surface area contributed by atoms with Crippen LogP contribution in [0, 0.1) is 17.8 Å². The van der Waals surface area contributed by atoms with Crippen LogP contribution in [0.2, 0.25) is 5.02 Å². The van der Waals surface area contributed by atoms with Crippen molar-refractivity contribution in [1.82, 2.24) is 4.31 Å². The largest absolute Gasteiger partial charge is 0.332 e. The highest BCUT2D eigenvalue weighted by atomic mass is 35.5. The van der Waals surface area contributed by atoms with Gasteiger partial charge in [-0.15, -0.1) is 0 Å². The van der Waals surface area contributed by atoms with Crippen LogP contribution in [0.3, 0.4) is 0 Å². The quantitative estimate of drug-likeness (QED) is 0.733. The smallest absolute Gasteiger partial charge is 0.307 e. The number of hydrogen-bond acceptors (Lipinski definition) is 2. The van der Waals surface area contributed by atoms with Crippen molar-refractivity contribution in [2.75, 3.05) is 5.32 Å². The van der Waals surface area contributed by atoms with E-state index < -0.39 is 0 Å². The second kappa shape index (κ2) is 5.34. The Hall–Kier alpha value is -0.870. The summed E-state index contributed by atoms with van der Waals surface area (Å²) in [6.45, 7) is 0. The lowest BCUT2D eigenvalue weighted by Gasteiger charge is -2.58. The summed E-state index contributed by atoms with van der Waals surface area (Å²) in [5, 5.41) is 3.61. The van der Waals surface area contributed by atoms with Gasteiger partial charge in [-0.1, -0.05) is 24.4 Å². The molecule has 4 fully saturated rings. The highest BCUT2D eigenvalue weighted by Crippen LogP contribution is 2.58. The number of halogens is 1. The average Bonchev–Trinajstić information content (AvgIpc) is 2.47. The Bertz CT molecular complexity index is 554. The summed E-state index contributed by atoms with van der Waals surface area (Å²) in [7, 11) is 0. The Morgan fingerprint density at radius 2 is 1.59 bits per heavy atom. The average molecular weight is 337 g/mol. The molecule has 0 aliphatic heterocycles. The summed E-state index contributed by atoms with van der Waals surface area (Å²) in [4.78, 5) is 12.6. The zero-order chi connectivity index (χ0) is 15.3. The van der Waals surface area contributed by atoms with Crippen molar-refractivity contribution in [3.8, 4) is 0 Å². The molecule has 1 aromatic rings. The third kappa shape index (κ3) is 2.50. The third-order valence-electron chi connectivity index (χ3n) is 5.74. The zero-order valence-electron chi connectivity index (χ0n) is 12.5. The second-order valence-electron chi connectivity index (χ2n) is 7.39. The maximum absolute atomic E-state index is 12.6. The lowest BCUT2D eigenvalue weighted by molar-refractivity contribution is -0.0394. The molecule has 2 amide bonds. The van der Waals surface area contributed by atoms with Crippen LogP contribution in [-0.2, 0) is 0 Å². The van der Waals surface area contributed by atoms with Gasteiger partial charge in [0.05, 0.1) is 5.54 Å². The molecule has 0 atom stereocenters. The molecule has 0 spiro atoms. The van der Waals surface area contributed by atoms with Crippen molar-refractivity contribution >= 4 is 36.1 Å². The molecule has 0 unspecified atom stereocenters. The fourth-order valence-electron chi connectivity index (χ4n) is 5.25. The summed E-state index contributed by atoms with van der Waals surface area (Å²) in [6.07, 6.45) is 7.45. The molecule has 0 aromatic heterocycles. The molecule has 1 N–H and O–H groups in total. The number of nitrogens with zero attached hydrogens (tertiary/aromatic N) is 1. The monoisotopic (exact) mass is 336 g/mol.